The Balaban J connectivity index is 1.40. The number of nitriles is 2. The average molecular weight is 493 g/mol. The number of hydrogen-bond acceptors (Lipinski definition) is 7. The van der Waals surface area contributed by atoms with E-state index in [1.807, 2.05) is 4.90 Å². The van der Waals surface area contributed by atoms with Gasteiger partial charge < -0.3 is 20.3 Å². The van der Waals surface area contributed by atoms with Crippen LogP contribution in [0, 0.1) is 28.5 Å². The van der Waals surface area contributed by atoms with Gasteiger partial charge in [-0.25, -0.2) is 9.18 Å². The maximum absolute atomic E-state index is 15.1. The van der Waals surface area contributed by atoms with Gasteiger partial charge in [0.2, 0.25) is 0 Å². The second-order valence-electron chi connectivity index (χ2n) is 8.68. The summed E-state index contributed by atoms with van der Waals surface area (Å²) in [6.07, 6.45) is 0.110. The Morgan fingerprint density at radius 3 is 2.54 bits per heavy atom. The van der Waals surface area contributed by atoms with E-state index in [4.69, 9.17) is 22.2 Å². The Hall–Kier alpha value is -3.89. The molecule has 2 aromatic rings. The molecule has 4 rings (SSSR count). The lowest BCUT2D eigenvalue weighted by atomic mass is 9.88. The topological polar surface area (TPSA) is 104 Å². The van der Waals surface area contributed by atoms with Crippen LogP contribution in [0.4, 0.5) is 26.2 Å². The van der Waals surface area contributed by atoms with Gasteiger partial charge in [-0.1, -0.05) is 12.2 Å². The second-order valence-corrected chi connectivity index (χ2v) is 9.30. The summed E-state index contributed by atoms with van der Waals surface area (Å²) >= 11 is 4.99. The number of amides is 1. The summed E-state index contributed by atoms with van der Waals surface area (Å²) in [7, 11) is 0. The van der Waals surface area contributed by atoms with Crippen molar-refractivity contribution in [1.29, 1.82) is 10.5 Å². The van der Waals surface area contributed by atoms with Crippen LogP contribution in [0.15, 0.2) is 42.5 Å². The number of cyclic esters (lactones) is 1. The number of carbonyl (C=O) groups excluding carboxylic acids is 1. The zero-order chi connectivity index (χ0) is 25.0. The predicted molar refractivity (Wildman–Crippen MR) is 135 cm³/mol. The molecule has 0 spiro atoms. The van der Waals surface area contributed by atoms with Crippen LogP contribution in [0.3, 0.4) is 0 Å². The number of nitrogens with zero attached hydrogens (tertiary/aromatic N) is 4. The van der Waals surface area contributed by atoms with E-state index in [2.05, 4.69) is 22.8 Å². The van der Waals surface area contributed by atoms with Gasteiger partial charge in [-0.05, 0) is 49.4 Å². The van der Waals surface area contributed by atoms with Crippen molar-refractivity contribution in [2.45, 2.75) is 31.4 Å². The molecule has 10 heteroatoms. The summed E-state index contributed by atoms with van der Waals surface area (Å²) in [4.78, 5) is 16.2. The fourth-order valence-corrected chi connectivity index (χ4v) is 4.40. The van der Waals surface area contributed by atoms with Gasteiger partial charge in [0.1, 0.15) is 17.5 Å². The first-order valence-corrected chi connectivity index (χ1v) is 11.7. The number of halogens is 1. The zero-order valence-corrected chi connectivity index (χ0v) is 20.1. The third kappa shape index (κ3) is 5.44. The van der Waals surface area contributed by atoms with E-state index in [0.29, 0.717) is 60.9 Å². The van der Waals surface area contributed by atoms with E-state index >= 15 is 4.39 Å². The van der Waals surface area contributed by atoms with E-state index in [1.54, 1.807) is 43.3 Å². The third-order valence-electron chi connectivity index (χ3n) is 6.27. The highest BCUT2D eigenvalue weighted by Gasteiger charge is 2.36. The molecule has 8 nitrogen and oxygen atoms in total. The summed E-state index contributed by atoms with van der Waals surface area (Å²) in [5, 5.41) is 25.1. The van der Waals surface area contributed by atoms with Crippen LogP contribution >= 0.6 is 12.2 Å². The average Bonchev–Trinajstić information content (AvgIpc) is 3.24. The van der Waals surface area contributed by atoms with E-state index in [1.165, 1.54) is 11.0 Å². The van der Waals surface area contributed by atoms with Gasteiger partial charge in [0.15, 0.2) is 0 Å². The maximum Gasteiger partial charge on any atom is 0.414 e. The van der Waals surface area contributed by atoms with E-state index < -0.39 is 17.4 Å². The molecule has 2 aliphatic rings. The van der Waals surface area contributed by atoms with Crippen molar-refractivity contribution < 1.29 is 13.9 Å². The summed E-state index contributed by atoms with van der Waals surface area (Å²) in [5.41, 5.74) is 1.41. The molecular formula is C25H25FN6O2S. The van der Waals surface area contributed by atoms with E-state index in [0.717, 1.165) is 5.69 Å². The lowest BCUT2D eigenvalue weighted by Gasteiger charge is -2.39. The standard InChI is InChI=1S/C25H25FN6O2S/c1-17(35)29-14-21-15-32(24(33)34-21)20-6-7-23(22(26)12-20)31-10-8-25(16-28,9-11-31)30-19-4-2-18(13-27)3-5-19/h2-7,12,21,30H,8-11,14-15H2,1H3,(H,29,35). The Morgan fingerprint density at radius 2 is 1.94 bits per heavy atom. The van der Waals surface area contributed by atoms with Crippen molar-refractivity contribution in [3.63, 3.8) is 0 Å². The van der Waals surface area contributed by atoms with Crippen molar-refractivity contribution in [2.24, 2.45) is 0 Å². The predicted octanol–water partition coefficient (Wildman–Crippen LogP) is 3.93. The molecule has 0 radical (unpaired) electrons. The van der Waals surface area contributed by atoms with Gasteiger partial charge in [0.25, 0.3) is 0 Å². The minimum Gasteiger partial charge on any atom is -0.442 e. The van der Waals surface area contributed by atoms with Crippen molar-refractivity contribution in [3.8, 4) is 12.1 Å². The molecule has 0 saturated carbocycles. The minimum absolute atomic E-state index is 0.308. The van der Waals surface area contributed by atoms with E-state index in [-0.39, 0.29) is 6.10 Å². The van der Waals surface area contributed by atoms with E-state index in [9.17, 15) is 10.1 Å². The zero-order valence-electron chi connectivity index (χ0n) is 19.3. The SMILES string of the molecule is CC(=S)NCC1CN(c2ccc(N3CCC(C#N)(Nc4ccc(C#N)cc4)CC3)c(F)c2)C(=O)O1. The molecule has 2 saturated heterocycles. The number of rotatable bonds is 6. The summed E-state index contributed by atoms with van der Waals surface area (Å²) in [5.74, 6) is -0.434. The van der Waals surface area contributed by atoms with Gasteiger partial charge in [-0.2, -0.15) is 10.5 Å². The lowest BCUT2D eigenvalue weighted by Crippen LogP contribution is -2.48. The molecule has 1 unspecified atom stereocenters. The molecule has 0 aliphatic carbocycles. The molecule has 2 fully saturated rings. The molecule has 2 aromatic carbocycles. The highest BCUT2D eigenvalue weighted by Crippen LogP contribution is 2.33. The summed E-state index contributed by atoms with van der Waals surface area (Å²) in [6.45, 7) is 3.45. The number of nitrogens with one attached hydrogen (secondary N) is 2. The smallest absolute Gasteiger partial charge is 0.414 e. The molecule has 1 amide bonds. The number of carbonyl (C=O) groups is 1. The van der Waals surface area contributed by atoms with Crippen LogP contribution in [0.5, 0.6) is 0 Å². The number of thiocarbonyl (C=S) groups is 1. The van der Waals surface area contributed by atoms with Crippen LogP contribution in [0.2, 0.25) is 0 Å². The van der Waals surface area contributed by atoms with Crippen molar-refractivity contribution in [1.82, 2.24) is 5.32 Å². The van der Waals surface area contributed by atoms with Gasteiger partial charge in [-0.15, -0.1) is 0 Å². The van der Waals surface area contributed by atoms with Crippen molar-refractivity contribution in [3.05, 3.63) is 53.8 Å². The summed E-state index contributed by atoms with van der Waals surface area (Å²) < 4.78 is 20.4. The van der Waals surface area contributed by atoms with Gasteiger partial charge in [-0.3, -0.25) is 4.90 Å². The first-order chi connectivity index (χ1) is 16.8. The van der Waals surface area contributed by atoms with Crippen LogP contribution < -0.4 is 20.4 Å². The third-order valence-corrected chi connectivity index (χ3v) is 6.41. The highest BCUT2D eigenvalue weighted by atomic mass is 32.1. The van der Waals surface area contributed by atoms with Crippen molar-refractivity contribution in [2.75, 3.05) is 41.3 Å². The molecular weight excluding hydrogens is 467 g/mol. The van der Waals surface area contributed by atoms with Crippen LogP contribution in [-0.2, 0) is 4.74 Å². The molecule has 180 valence electrons. The molecule has 0 bridgehead atoms. The fraction of sp³-hybridized carbons (Fsp3) is 0.360. The van der Waals surface area contributed by atoms with Crippen LogP contribution in [-0.4, -0.2) is 48.9 Å². The number of anilines is 3. The number of piperidine rings is 1. The van der Waals surface area contributed by atoms with Crippen LogP contribution in [0.25, 0.3) is 0 Å². The van der Waals surface area contributed by atoms with Gasteiger partial charge in [0.05, 0.1) is 47.2 Å². The Labute approximate surface area is 208 Å². The number of hydrogen-bond donors (Lipinski definition) is 2. The molecule has 2 aliphatic heterocycles. The largest absolute Gasteiger partial charge is 0.442 e. The summed E-state index contributed by atoms with van der Waals surface area (Å²) in [6, 6.07) is 16.1. The maximum atomic E-state index is 15.1. The van der Waals surface area contributed by atoms with Crippen LogP contribution in [0.1, 0.15) is 25.3 Å². The molecule has 2 N–H and O–H groups in total. The molecule has 35 heavy (non-hydrogen) atoms. The van der Waals surface area contributed by atoms with Gasteiger partial charge in [0, 0.05) is 31.6 Å². The monoisotopic (exact) mass is 492 g/mol. The quantitative estimate of drug-likeness (QED) is 0.585. The normalized spacial score (nSPS) is 18.9. The minimum atomic E-state index is -0.774. The molecule has 0 aromatic heterocycles. The Bertz CT molecular complexity index is 1200. The number of ether oxygens (including phenoxy) is 1. The first kappa shape index (κ1) is 24.2. The van der Waals surface area contributed by atoms with Gasteiger partial charge >= 0.3 is 6.09 Å². The molecule has 1 atom stereocenters. The lowest BCUT2D eigenvalue weighted by molar-refractivity contribution is 0.143. The first-order valence-electron chi connectivity index (χ1n) is 11.3. The van der Waals surface area contributed by atoms with Crippen molar-refractivity contribution >= 4 is 40.4 Å². The Morgan fingerprint density at radius 1 is 1.23 bits per heavy atom. The number of benzene rings is 2. The fourth-order valence-electron chi connectivity index (χ4n) is 4.31. The Kier molecular flexibility index (Phi) is 7.04. The molecule has 2 heterocycles. The highest BCUT2D eigenvalue weighted by molar-refractivity contribution is 7.80. The second kappa shape index (κ2) is 10.2.